The third kappa shape index (κ3) is 5.54. The predicted octanol–water partition coefficient (Wildman–Crippen LogP) is 3.58. The van der Waals surface area contributed by atoms with Gasteiger partial charge in [-0.3, -0.25) is 18.9 Å². The van der Waals surface area contributed by atoms with Crippen molar-refractivity contribution in [3.63, 3.8) is 0 Å². The molecule has 14 heteroatoms. The Morgan fingerprint density at radius 3 is 2.59 bits per heavy atom. The molecule has 0 aliphatic rings. The molecule has 0 saturated heterocycles. The van der Waals surface area contributed by atoms with Gasteiger partial charge in [-0.1, -0.05) is 18.5 Å². The molecule has 0 fully saturated rings. The summed E-state index contributed by atoms with van der Waals surface area (Å²) < 4.78 is 63.7. The molecule has 0 bridgehead atoms. The summed E-state index contributed by atoms with van der Waals surface area (Å²) in [4.78, 5) is 32.8. The monoisotopic (exact) mass is 577 g/mol. The zero-order valence-corrected chi connectivity index (χ0v) is 22.4. The SMILES string of the molecule is CNC(=O)[C@H](C)Cn1cnc2ccc(-c3cnc(OC)c(NS(=O)(=O)c4ccc(F)cc4Cl)c3)c(F)c2c1=O. The molecule has 1 amide bonds. The highest BCUT2D eigenvalue weighted by Crippen LogP contribution is 2.33. The van der Waals surface area contributed by atoms with Crippen LogP contribution >= 0.6 is 11.6 Å². The number of nitrogens with one attached hydrogen (secondary N) is 2. The van der Waals surface area contributed by atoms with E-state index >= 15 is 4.39 Å². The first-order valence-corrected chi connectivity index (χ1v) is 13.2. The second-order valence-electron chi connectivity index (χ2n) is 8.50. The van der Waals surface area contributed by atoms with Crippen LogP contribution in [0.5, 0.6) is 5.88 Å². The second kappa shape index (κ2) is 10.9. The zero-order valence-electron chi connectivity index (χ0n) is 20.8. The third-order valence-corrected chi connectivity index (χ3v) is 7.73. The maximum absolute atomic E-state index is 15.8. The molecule has 0 spiro atoms. The second-order valence-corrected chi connectivity index (χ2v) is 10.6. The molecule has 1 atom stereocenters. The van der Waals surface area contributed by atoms with E-state index in [1.54, 1.807) is 6.92 Å². The van der Waals surface area contributed by atoms with Crippen LogP contribution in [0, 0.1) is 17.6 Å². The lowest BCUT2D eigenvalue weighted by molar-refractivity contribution is -0.124. The van der Waals surface area contributed by atoms with E-state index in [2.05, 4.69) is 20.0 Å². The van der Waals surface area contributed by atoms with Crippen molar-refractivity contribution in [2.45, 2.75) is 18.4 Å². The molecule has 0 unspecified atom stereocenters. The van der Waals surface area contributed by atoms with Crippen LogP contribution in [0.15, 0.2) is 58.6 Å². The summed E-state index contributed by atoms with van der Waals surface area (Å²) in [7, 11) is -1.60. The van der Waals surface area contributed by atoms with E-state index in [1.807, 2.05) is 0 Å². The number of ether oxygens (including phenoxy) is 1. The summed E-state index contributed by atoms with van der Waals surface area (Å²) in [6.45, 7) is 1.60. The lowest BCUT2D eigenvalue weighted by atomic mass is 10.0. The van der Waals surface area contributed by atoms with E-state index in [9.17, 15) is 22.4 Å². The van der Waals surface area contributed by atoms with Crippen molar-refractivity contribution in [1.82, 2.24) is 19.9 Å². The van der Waals surface area contributed by atoms with Crippen LogP contribution in [0.4, 0.5) is 14.5 Å². The van der Waals surface area contributed by atoms with E-state index < -0.39 is 38.0 Å². The van der Waals surface area contributed by atoms with Gasteiger partial charge < -0.3 is 10.1 Å². The number of anilines is 1. The number of carbonyl (C=O) groups excluding carboxylic acids is 1. The molecule has 0 aliphatic carbocycles. The molecule has 39 heavy (non-hydrogen) atoms. The molecule has 2 heterocycles. The summed E-state index contributed by atoms with van der Waals surface area (Å²) in [6, 6.07) is 6.87. The number of pyridine rings is 1. The molecule has 204 valence electrons. The zero-order chi connectivity index (χ0) is 28.5. The van der Waals surface area contributed by atoms with Crippen LogP contribution in [-0.4, -0.2) is 43.0 Å². The topological polar surface area (TPSA) is 132 Å². The van der Waals surface area contributed by atoms with Crippen LogP contribution in [-0.2, 0) is 21.4 Å². The first-order chi connectivity index (χ1) is 18.5. The molecule has 2 N–H and O–H groups in total. The van der Waals surface area contributed by atoms with Crippen molar-refractivity contribution in [1.29, 1.82) is 0 Å². The summed E-state index contributed by atoms with van der Waals surface area (Å²) in [5.41, 5.74) is -0.694. The minimum Gasteiger partial charge on any atom is -0.480 e. The first kappa shape index (κ1) is 27.9. The van der Waals surface area contributed by atoms with Crippen molar-refractivity contribution in [2.24, 2.45) is 5.92 Å². The molecule has 4 rings (SSSR count). The maximum atomic E-state index is 15.8. The van der Waals surface area contributed by atoms with Gasteiger partial charge in [-0.05, 0) is 36.4 Å². The summed E-state index contributed by atoms with van der Waals surface area (Å²) in [5.74, 6) is -2.63. The molecular formula is C25H22ClF2N5O5S. The first-order valence-electron chi connectivity index (χ1n) is 11.4. The number of amides is 1. The molecular weight excluding hydrogens is 556 g/mol. The van der Waals surface area contributed by atoms with Crippen molar-refractivity contribution in [3.8, 4) is 17.0 Å². The van der Waals surface area contributed by atoms with E-state index in [0.717, 1.165) is 22.8 Å². The van der Waals surface area contributed by atoms with E-state index in [-0.39, 0.29) is 51.1 Å². The largest absolute Gasteiger partial charge is 0.480 e. The van der Waals surface area contributed by atoms with Crippen molar-refractivity contribution >= 4 is 44.1 Å². The molecule has 10 nitrogen and oxygen atoms in total. The Hall–Kier alpha value is -4.10. The predicted molar refractivity (Wildman–Crippen MR) is 141 cm³/mol. The maximum Gasteiger partial charge on any atom is 0.264 e. The summed E-state index contributed by atoms with van der Waals surface area (Å²) in [6.07, 6.45) is 2.49. The number of hydrogen-bond donors (Lipinski definition) is 2. The summed E-state index contributed by atoms with van der Waals surface area (Å²) >= 11 is 5.93. The molecule has 0 radical (unpaired) electrons. The highest BCUT2D eigenvalue weighted by Gasteiger charge is 2.23. The molecule has 0 saturated carbocycles. The highest BCUT2D eigenvalue weighted by atomic mass is 35.5. The van der Waals surface area contributed by atoms with Crippen LogP contribution in [0.3, 0.4) is 0 Å². The van der Waals surface area contributed by atoms with Gasteiger partial charge in [-0.15, -0.1) is 0 Å². The van der Waals surface area contributed by atoms with E-state index in [1.165, 1.54) is 44.9 Å². The van der Waals surface area contributed by atoms with Gasteiger partial charge in [-0.2, -0.15) is 0 Å². The number of benzene rings is 2. The number of fused-ring (bicyclic) bond motifs is 1. The lowest BCUT2D eigenvalue weighted by Crippen LogP contribution is -2.32. The molecule has 0 aliphatic heterocycles. The quantitative estimate of drug-likeness (QED) is 0.327. The number of methoxy groups -OCH3 is 1. The number of hydrogen-bond acceptors (Lipinski definition) is 7. The van der Waals surface area contributed by atoms with Crippen LogP contribution in [0.2, 0.25) is 5.02 Å². The molecule has 2 aromatic heterocycles. The standard InChI is InChI=1S/C25H22ClF2N5O5S/c1-13(23(34)29-2)11-33-12-31-18-6-5-16(22(28)21(18)25(33)35)14-8-19(24(38-3)30-10-14)32-39(36,37)20-7-4-15(27)9-17(20)26/h4-10,12-13,32H,11H2,1-3H3,(H,29,34)/t13-/m1/s1. The smallest absolute Gasteiger partial charge is 0.264 e. The fraction of sp³-hybridized carbons (Fsp3) is 0.200. The number of nitrogens with zero attached hydrogens (tertiary/aromatic N) is 3. The Bertz CT molecular complexity index is 1760. The van der Waals surface area contributed by atoms with E-state index in [4.69, 9.17) is 16.3 Å². The fourth-order valence-corrected chi connectivity index (χ4v) is 5.49. The van der Waals surface area contributed by atoms with Gasteiger partial charge in [0.1, 0.15) is 27.6 Å². The van der Waals surface area contributed by atoms with Crippen LogP contribution in [0.25, 0.3) is 22.0 Å². The number of carbonyl (C=O) groups is 1. The average Bonchev–Trinajstić information content (AvgIpc) is 2.89. The van der Waals surface area contributed by atoms with Gasteiger partial charge in [0, 0.05) is 30.9 Å². The average molecular weight is 578 g/mol. The Balaban J connectivity index is 1.79. The molecule has 4 aromatic rings. The van der Waals surface area contributed by atoms with Crippen molar-refractivity contribution < 1.29 is 26.7 Å². The van der Waals surface area contributed by atoms with Gasteiger partial charge in [-0.25, -0.2) is 27.2 Å². The Morgan fingerprint density at radius 1 is 1.18 bits per heavy atom. The van der Waals surface area contributed by atoms with Crippen LogP contribution < -0.4 is 20.3 Å². The van der Waals surface area contributed by atoms with Crippen molar-refractivity contribution in [2.75, 3.05) is 18.9 Å². The lowest BCUT2D eigenvalue weighted by Gasteiger charge is -2.15. The third-order valence-electron chi connectivity index (χ3n) is 5.88. The Morgan fingerprint density at radius 2 is 1.92 bits per heavy atom. The van der Waals surface area contributed by atoms with Crippen molar-refractivity contribution in [3.05, 3.63) is 75.9 Å². The van der Waals surface area contributed by atoms with Crippen LogP contribution in [0.1, 0.15) is 6.92 Å². The number of aromatic nitrogens is 3. The van der Waals surface area contributed by atoms with Gasteiger partial charge in [0.25, 0.3) is 15.6 Å². The number of sulfonamides is 1. The van der Waals surface area contributed by atoms with Gasteiger partial charge >= 0.3 is 0 Å². The molecule has 2 aromatic carbocycles. The normalized spacial score (nSPS) is 12.3. The fourth-order valence-electron chi connectivity index (χ4n) is 3.91. The summed E-state index contributed by atoms with van der Waals surface area (Å²) in [5, 5.41) is 1.83. The minimum atomic E-state index is -4.33. The number of halogens is 3. The minimum absolute atomic E-state index is 0.0208. The highest BCUT2D eigenvalue weighted by molar-refractivity contribution is 7.92. The number of rotatable bonds is 8. The van der Waals surface area contributed by atoms with Gasteiger partial charge in [0.2, 0.25) is 11.8 Å². The van der Waals surface area contributed by atoms with E-state index in [0.29, 0.717) is 0 Å². The van der Waals surface area contributed by atoms with Gasteiger partial charge in [0.05, 0.1) is 29.9 Å². The Kier molecular flexibility index (Phi) is 7.84. The van der Waals surface area contributed by atoms with Gasteiger partial charge in [0.15, 0.2) is 0 Å². The Labute approximate surface area is 226 Å².